The number of carbonyl (C=O) groups excluding carboxylic acids is 3. The van der Waals surface area contributed by atoms with E-state index in [4.69, 9.17) is 14.2 Å². The van der Waals surface area contributed by atoms with Gasteiger partial charge in [-0.2, -0.15) is 0 Å². The van der Waals surface area contributed by atoms with Crippen LogP contribution in [0.1, 0.15) is 37.3 Å². The van der Waals surface area contributed by atoms with E-state index in [1.54, 1.807) is 12.1 Å². The smallest absolute Gasteiger partial charge is 0.338 e. The maximum absolute atomic E-state index is 15.4. The van der Waals surface area contributed by atoms with Crippen LogP contribution in [0.25, 0.3) is 22.3 Å². The second-order valence-electron chi connectivity index (χ2n) is 9.68. The molecule has 0 fully saturated rings. The number of benzene rings is 3. The average molecular weight is 541 g/mol. The Morgan fingerprint density at radius 2 is 1.50 bits per heavy atom. The van der Waals surface area contributed by atoms with Gasteiger partial charge in [-0.05, 0) is 72.7 Å². The zero-order valence-electron chi connectivity index (χ0n) is 22.4. The van der Waals surface area contributed by atoms with Crippen LogP contribution in [0.4, 0.5) is 4.39 Å². The number of rotatable bonds is 9. The van der Waals surface area contributed by atoms with Gasteiger partial charge in [-0.15, -0.1) is 0 Å². The molecule has 204 valence electrons. The Labute approximate surface area is 232 Å². The minimum atomic E-state index is -0.710. The molecule has 0 saturated heterocycles. The fourth-order valence-electron chi connectivity index (χ4n) is 4.44. The van der Waals surface area contributed by atoms with Crippen molar-refractivity contribution >= 4 is 17.9 Å². The summed E-state index contributed by atoms with van der Waals surface area (Å²) in [5.74, 6) is -2.24. The van der Waals surface area contributed by atoms with Gasteiger partial charge in [-0.25, -0.2) is 18.8 Å². The number of hydrogen-bond acceptors (Lipinski definition) is 6. The van der Waals surface area contributed by atoms with Crippen molar-refractivity contribution in [1.82, 2.24) is 0 Å². The predicted molar refractivity (Wildman–Crippen MR) is 150 cm³/mol. The summed E-state index contributed by atoms with van der Waals surface area (Å²) in [4.78, 5) is 35.7. The van der Waals surface area contributed by atoms with E-state index in [1.165, 1.54) is 32.0 Å². The molecule has 0 radical (unpaired) electrons. The first-order valence-corrected chi connectivity index (χ1v) is 12.7. The molecule has 1 aliphatic rings. The number of aryl methyl sites for hydroxylation is 1. The van der Waals surface area contributed by atoms with Gasteiger partial charge in [0.15, 0.2) is 11.5 Å². The van der Waals surface area contributed by atoms with E-state index in [0.717, 1.165) is 35.6 Å². The Morgan fingerprint density at radius 1 is 0.875 bits per heavy atom. The molecule has 4 rings (SSSR count). The van der Waals surface area contributed by atoms with Crippen molar-refractivity contribution in [1.29, 1.82) is 0 Å². The third-order valence-electron chi connectivity index (χ3n) is 6.60. The molecule has 0 spiro atoms. The molecule has 0 saturated carbocycles. The Balaban J connectivity index is 1.60. The van der Waals surface area contributed by atoms with Gasteiger partial charge in [-0.1, -0.05) is 56.1 Å². The van der Waals surface area contributed by atoms with Crippen LogP contribution in [0.15, 0.2) is 91.6 Å². The standard InChI is InChI=1S/C33H29FO6/c1-6-31(35)38-18-25-8-7-23-15-21(9-12-26(23)25)22-10-13-27(28(34)16-22)24-11-14-29(39-32(36)19(2)3)30(17-24)40-33(37)20(4)5/h6,9-17,25H,1-2,4,7-8,18H2,3,5H3. The van der Waals surface area contributed by atoms with Crippen molar-refractivity contribution in [3.63, 3.8) is 0 Å². The monoisotopic (exact) mass is 540 g/mol. The second kappa shape index (κ2) is 11.9. The summed E-state index contributed by atoms with van der Waals surface area (Å²) in [6, 6.07) is 15.3. The van der Waals surface area contributed by atoms with Crippen LogP contribution in [0.5, 0.6) is 11.5 Å². The highest BCUT2D eigenvalue weighted by Crippen LogP contribution is 2.38. The van der Waals surface area contributed by atoms with Gasteiger partial charge in [-0.3, -0.25) is 0 Å². The van der Waals surface area contributed by atoms with E-state index < -0.39 is 23.7 Å². The SMILES string of the molecule is C=CC(=O)OCC1CCc2cc(-c3ccc(-c4ccc(OC(=O)C(=C)C)c(OC(=O)C(=C)C)c4)c(F)c3)ccc21. The second-order valence-corrected chi connectivity index (χ2v) is 9.68. The fourth-order valence-corrected chi connectivity index (χ4v) is 4.44. The van der Waals surface area contributed by atoms with Gasteiger partial charge >= 0.3 is 17.9 Å². The van der Waals surface area contributed by atoms with Gasteiger partial charge in [0.25, 0.3) is 0 Å². The Kier molecular flexibility index (Phi) is 8.43. The molecule has 7 heteroatoms. The summed E-state index contributed by atoms with van der Waals surface area (Å²) in [6.45, 7) is 13.8. The topological polar surface area (TPSA) is 78.9 Å². The first kappa shape index (κ1) is 28.2. The fraction of sp³-hybridized carbons (Fsp3) is 0.182. The van der Waals surface area contributed by atoms with Gasteiger partial charge in [0.2, 0.25) is 0 Å². The van der Waals surface area contributed by atoms with E-state index in [2.05, 4.69) is 19.7 Å². The summed E-state index contributed by atoms with van der Waals surface area (Å²) >= 11 is 0. The summed E-state index contributed by atoms with van der Waals surface area (Å²) in [5, 5.41) is 0. The van der Waals surface area contributed by atoms with E-state index in [1.807, 2.05) is 24.3 Å². The number of carbonyl (C=O) groups is 3. The molecule has 0 amide bonds. The highest BCUT2D eigenvalue weighted by molar-refractivity contribution is 5.91. The molecule has 1 aliphatic carbocycles. The minimum Gasteiger partial charge on any atom is -0.462 e. The van der Waals surface area contributed by atoms with Crippen LogP contribution >= 0.6 is 0 Å². The Hall–Kier alpha value is -4.78. The third kappa shape index (κ3) is 6.26. The molecule has 0 N–H and O–H groups in total. The van der Waals surface area contributed by atoms with E-state index in [0.29, 0.717) is 17.7 Å². The quantitative estimate of drug-likeness (QED) is 0.167. The molecule has 0 aliphatic heterocycles. The summed E-state index contributed by atoms with van der Waals surface area (Å²) in [5.41, 5.74) is 4.86. The van der Waals surface area contributed by atoms with Crippen LogP contribution < -0.4 is 9.47 Å². The summed E-state index contributed by atoms with van der Waals surface area (Å²) < 4.78 is 31.3. The molecule has 1 atom stereocenters. The number of hydrogen-bond donors (Lipinski definition) is 0. The lowest BCUT2D eigenvalue weighted by Crippen LogP contribution is -2.12. The van der Waals surface area contributed by atoms with Gasteiger partial charge in [0, 0.05) is 28.7 Å². The van der Waals surface area contributed by atoms with E-state index in [9.17, 15) is 14.4 Å². The van der Waals surface area contributed by atoms with Crippen LogP contribution in [0.3, 0.4) is 0 Å². The van der Waals surface area contributed by atoms with Crippen molar-refractivity contribution in [2.45, 2.75) is 32.6 Å². The lowest BCUT2D eigenvalue weighted by molar-refractivity contribution is -0.138. The molecule has 40 heavy (non-hydrogen) atoms. The summed E-state index contributed by atoms with van der Waals surface area (Å²) in [6.07, 6.45) is 2.86. The maximum atomic E-state index is 15.4. The molecule has 1 unspecified atom stereocenters. The van der Waals surface area contributed by atoms with Gasteiger partial charge in [0.05, 0.1) is 6.61 Å². The highest BCUT2D eigenvalue weighted by atomic mass is 19.1. The zero-order valence-corrected chi connectivity index (χ0v) is 22.4. The predicted octanol–water partition coefficient (Wildman–Crippen LogP) is 6.88. The van der Waals surface area contributed by atoms with E-state index >= 15 is 4.39 Å². The molecule has 3 aromatic carbocycles. The Morgan fingerprint density at radius 3 is 2.15 bits per heavy atom. The van der Waals surface area contributed by atoms with Crippen LogP contribution in [-0.2, 0) is 25.5 Å². The van der Waals surface area contributed by atoms with Gasteiger partial charge < -0.3 is 14.2 Å². The van der Waals surface area contributed by atoms with Crippen molar-refractivity contribution in [3.05, 3.63) is 109 Å². The average Bonchev–Trinajstić information content (AvgIpc) is 3.34. The van der Waals surface area contributed by atoms with Gasteiger partial charge in [0.1, 0.15) is 5.82 Å². The van der Waals surface area contributed by atoms with Crippen molar-refractivity contribution in [2.75, 3.05) is 6.61 Å². The number of fused-ring (bicyclic) bond motifs is 1. The zero-order chi connectivity index (χ0) is 29.0. The van der Waals surface area contributed by atoms with Crippen molar-refractivity contribution < 1.29 is 33.0 Å². The normalized spacial score (nSPS) is 13.6. The molecular formula is C33H29FO6. The van der Waals surface area contributed by atoms with Crippen molar-refractivity contribution in [3.8, 4) is 33.8 Å². The molecule has 0 heterocycles. The van der Waals surface area contributed by atoms with E-state index in [-0.39, 0.29) is 34.1 Å². The van der Waals surface area contributed by atoms with Crippen LogP contribution in [-0.4, -0.2) is 24.5 Å². The molecule has 3 aromatic rings. The molecule has 6 nitrogen and oxygen atoms in total. The molecular weight excluding hydrogens is 511 g/mol. The largest absolute Gasteiger partial charge is 0.462 e. The maximum Gasteiger partial charge on any atom is 0.338 e. The number of halogens is 1. The van der Waals surface area contributed by atoms with Crippen molar-refractivity contribution in [2.24, 2.45) is 0 Å². The minimum absolute atomic E-state index is 0.000850. The first-order valence-electron chi connectivity index (χ1n) is 12.7. The third-order valence-corrected chi connectivity index (χ3v) is 6.60. The molecule has 0 aromatic heterocycles. The Bertz CT molecular complexity index is 1550. The summed E-state index contributed by atoms with van der Waals surface area (Å²) in [7, 11) is 0. The number of ether oxygens (including phenoxy) is 3. The lowest BCUT2D eigenvalue weighted by atomic mass is 9.95. The molecule has 0 bridgehead atoms. The lowest BCUT2D eigenvalue weighted by Gasteiger charge is -2.14. The first-order chi connectivity index (χ1) is 19.1. The van der Waals surface area contributed by atoms with Crippen LogP contribution in [0, 0.1) is 5.82 Å². The van der Waals surface area contributed by atoms with Crippen LogP contribution in [0.2, 0.25) is 0 Å². The highest BCUT2D eigenvalue weighted by Gasteiger charge is 2.24. The number of esters is 3.